The summed E-state index contributed by atoms with van der Waals surface area (Å²) in [5.74, 6) is -1.08. The Morgan fingerprint density at radius 3 is 2.61 bits per heavy atom. The number of aromatic carboxylic acids is 1. The van der Waals surface area contributed by atoms with E-state index in [1.807, 2.05) is 0 Å². The highest BCUT2D eigenvalue weighted by molar-refractivity contribution is 7.88. The van der Waals surface area contributed by atoms with Crippen molar-refractivity contribution in [1.82, 2.24) is 4.72 Å². The van der Waals surface area contributed by atoms with Gasteiger partial charge in [-0.25, -0.2) is 17.9 Å². The van der Waals surface area contributed by atoms with Gasteiger partial charge in [-0.15, -0.1) is 0 Å². The first-order valence-corrected chi connectivity index (χ1v) is 7.28. The number of benzene rings is 1. The third-order valence-electron chi connectivity index (χ3n) is 2.02. The molecule has 0 aliphatic carbocycles. The van der Waals surface area contributed by atoms with E-state index in [9.17, 15) is 13.2 Å². The third kappa shape index (κ3) is 4.91. The van der Waals surface area contributed by atoms with Gasteiger partial charge in [0.2, 0.25) is 10.0 Å². The number of hydrogen-bond acceptors (Lipinski definition) is 4. The monoisotopic (exact) mass is 292 g/mol. The van der Waals surface area contributed by atoms with Crippen LogP contribution in [0.1, 0.15) is 10.4 Å². The Labute approximate surface area is 110 Å². The van der Waals surface area contributed by atoms with E-state index in [0.717, 1.165) is 6.26 Å². The second kappa shape index (κ2) is 6.03. The van der Waals surface area contributed by atoms with Crippen molar-refractivity contribution in [1.29, 1.82) is 0 Å². The maximum absolute atomic E-state index is 10.9. The largest absolute Gasteiger partial charge is 0.478 e. The predicted molar refractivity (Wildman–Crippen MR) is 69.7 cm³/mol. The molecule has 18 heavy (non-hydrogen) atoms. The van der Waals surface area contributed by atoms with Crippen molar-refractivity contribution in [3.63, 3.8) is 0 Å². The molecule has 0 aromatic heterocycles. The van der Waals surface area contributed by atoms with Crippen molar-refractivity contribution < 1.29 is 18.3 Å². The normalized spacial score (nSPS) is 11.2. The highest BCUT2D eigenvalue weighted by Crippen LogP contribution is 2.20. The van der Waals surface area contributed by atoms with E-state index in [1.54, 1.807) is 0 Å². The lowest BCUT2D eigenvalue weighted by Crippen LogP contribution is -2.27. The molecule has 0 atom stereocenters. The standard InChI is InChI=1S/C10H13ClN2O4S/c1-18(16,17)13-5-4-12-9-6-7(11)2-3-8(9)10(14)15/h2-3,6,12-13H,4-5H2,1H3,(H,14,15). The van der Waals surface area contributed by atoms with Crippen LogP contribution in [0.5, 0.6) is 0 Å². The lowest BCUT2D eigenvalue weighted by molar-refractivity contribution is 0.0698. The first-order chi connectivity index (χ1) is 8.29. The molecule has 0 aliphatic heterocycles. The number of carbonyl (C=O) groups is 1. The minimum atomic E-state index is -3.25. The number of rotatable bonds is 6. The topological polar surface area (TPSA) is 95.5 Å². The lowest BCUT2D eigenvalue weighted by Gasteiger charge is -2.10. The van der Waals surface area contributed by atoms with Crippen molar-refractivity contribution in [2.75, 3.05) is 24.7 Å². The molecule has 8 heteroatoms. The summed E-state index contributed by atoms with van der Waals surface area (Å²) in [6.07, 6.45) is 1.05. The Hall–Kier alpha value is -1.31. The summed E-state index contributed by atoms with van der Waals surface area (Å²) in [5, 5.41) is 12.2. The van der Waals surface area contributed by atoms with Crippen LogP contribution in [0.2, 0.25) is 5.02 Å². The molecule has 3 N–H and O–H groups in total. The lowest BCUT2D eigenvalue weighted by atomic mass is 10.2. The van der Waals surface area contributed by atoms with Crippen molar-refractivity contribution in [2.24, 2.45) is 0 Å². The van der Waals surface area contributed by atoms with Crippen LogP contribution in [-0.4, -0.2) is 38.8 Å². The van der Waals surface area contributed by atoms with Crippen molar-refractivity contribution in [3.05, 3.63) is 28.8 Å². The number of anilines is 1. The molecular weight excluding hydrogens is 280 g/mol. The van der Waals surface area contributed by atoms with Gasteiger partial charge >= 0.3 is 5.97 Å². The minimum absolute atomic E-state index is 0.0822. The van der Waals surface area contributed by atoms with Gasteiger partial charge in [-0.05, 0) is 18.2 Å². The van der Waals surface area contributed by atoms with E-state index >= 15 is 0 Å². The number of carboxylic acid groups (broad SMARTS) is 1. The van der Waals surface area contributed by atoms with E-state index < -0.39 is 16.0 Å². The molecule has 1 rings (SSSR count). The summed E-state index contributed by atoms with van der Waals surface area (Å²) in [6.45, 7) is 0.415. The molecule has 0 saturated carbocycles. The predicted octanol–water partition coefficient (Wildman–Crippen LogP) is 0.999. The summed E-state index contributed by atoms with van der Waals surface area (Å²) in [7, 11) is -3.25. The van der Waals surface area contributed by atoms with Gasteiger partial charge in [0.25, 0.3) is 0 Å². The fraction of sp³-hybridized carbons (Fsp3) is 0.300. The summed E-state index contributed by atoms with van der Waals surface area (Å²) in [5.41, 5.74) is 0.434. The molecule has 1 aromatic rings. The smallest absolute Gasteiger partial charge is 0.337 e. The summed E-state index contributed by atoms with van der Waals surface area (Å²) in [6, 6.07) is 4.34. The average molecular weight is 293 g/mol. The Balaban J connectivity index is 2.66. The average Bonchev–Trinajstić information content (AvgIpc) is 2.22. The van der Waals surface area contributed by atoms with E-state index in [0.29, 0.717) is 10.7 Å². The van der Waals surface area contributed by atoms with E-state index in [2.05, 4.69) is 10.0 Å². The van der Waals surface area contributed by atoms with Crippen molar-refractivity contribution >= 4 is 33.3 Å². The Bertz CT molecular complexity index is 545. The highest BCUT2D eigenvalue weighted by atomic mass is 35.5. The molecule has 0 bridgehead atoms. The Kier molecular flexibility index (Phi) is 4.94. The van der Waals surface area contributed by atoms with Crippen LogP contribution in [0.25, 0.3) is 0 Å². The zero-order chi connectivity index (χ0) is 13.8. The fourth-order valence-corrected chi connectivity index (χ4v) is 1.93. The first kappa shape index (κ1) is 14.7. The summed E-state index contributed by atoms with van der Waals surface area (Å²) in [4.78, 5) is 10.9. The van der Waals surface area contributed by atoms with Gasteiger partial charge in [-0.2, -0.15) is 0 Å². The number of halogens is 1. The molecule has 0 heterocycles. The van der Waals surface area contributed by atoms with Crippen molar-refractivity contribution in [3.8, 4) is 0 Å². The van der Waals surface area contributed by atoms with Crippen LogP contribution in [0.15, 0.2) is 18.2 Å². The van der Waals surface area contributed by atoms with Crippen LogP contribution in [0.3, 0.4) is 0 Å². The maximum atomic E-state index is 10.9. The molecular formula is C10H13ClN2O4S. The molecule has 0 fully saturated rings. The number of hydrogen-bond donors (Lipinski definition) is 3. The van der Waals surface area contributed by atoms with Gasteiger partial charge in [0.1, 0.15) is 0 Å². The van der Waals surface area contributed by atoms with E-state index in [4.69, 9.17) is 16.7 Å². The molecule has 6 nitrogen and oxygen atoms in total. The zero-order valence-corrected chi connectivity index (χ0v) is 11.2. The summed E-state index contributed by atoms with van der Waals surface area (Å²) >= 11 is 5.76. The van der Waals surface area contributed by atoms with Crippen LogP contribution in [0, 0.1) is 0 Å². The fourth-order valence-electron chi connectivity index (χ4n) is 1.28. The first-order valence-electron chi connectivity index (χ1n) is 5.01. The van der Waals surface area contributed by atoms with Gasteiger partial charge in [-0.1, -0.05) is 11.6 Å². The number of carboxylic acids is 1. The molecule has 0 radical (unpaired) electrons. The molecule has 0 aliphatic rings. The van der Waals surface area contributed by atoms with Gasteiger partial charge in [-0.3, -0.25) is 0 Å². The third-order valence-corrected chi connectivity index (χ3v) is 2.98. The Morgan fingerprint density at radius 2 is 2.06 bits per heavy atom. The molecule has 0 amide bonds. The second-order valence-corrected chi connectivity index (χ2v) is 5.86. The van der Waals surface area contributed by atoms with Gasteiger partial charge < -0.3 is 10.4 Å². The zero-order valence-electron chi connectivity index (χ0n) is 9.60. The SMILES string of the molecule is CS(=O)(=O)NCCNc1cc(Cl)ccc1C(=O)O. The van der Waals surface area contributed by atoms with E-state index in [1.165, 1.54) is 18.2 Å². The van der Waals surface area contributed by atoms with Crippen molar-refractivity contribution in [2.45, 2.75) is 0 Å². The quantitative estimate of drug-likeness (QED) is 0.680. The van der Waals surface area contributed by atoms with Crippen LogP contribution < -0.4 is 10.0 Å². The molecule has 1 aromatic carbocycles. The molecule has 0 saturated heterocycles. The van der Waals surface area contributed by atoms with Crippen LogP contribution in [0.4, 0.5) is 5.69 Å². The summed E-state index contributed by atoms with van der Waals surface area (Å²) < 4.78 is 23.9. The molecule has 0 unspecified atom stereocenters. The maximum Gasteiger partial charge on any atom is 0.337 e. The minimum Gasteiger partial charge on any atom is -0.478 e. The second-order valence-electron chi connectivity index (χ2n) is 3.59. The van der Waals surface area contributed by atoms with Gasteiger partial charge in [0.15, 0.2) is 0 Å². The Morgan fingerprint density at radius 1 is 1.39 bits per heavy atom. The van der Waals surface area contributed by atoms with Crippen LogP contribution in [-0.2, 0) is 10.0 Å². The van der Waals surface area contributed by atoms with Crippen LogP contribution >= 0.6 is 11.6 Å². The number of nitrogens with one attached hydrogen (secondary N) is 2. The highest BCUT2D eigenvalue weighted by Gasteiger charge is 2.10. The molecule has 0 spiro atoms. The molecule has 100 valence electrons. The number of sulfonamides is 1. The van der Waals surface area contributed by atoms with E-state index in [-0.39, 0.29) is 18.7 Å². The van der Waals surface area contributed by atoms with Gasteiger partial charge in [0.05, 0.1) is 17.5 Å². The van der Waals surface area contributed by atoms with Gasteiger partial charge in [0, 0.05) is 18.1 Å².